The number of fused-ring (bicyclic) bond motifs is 1. The average Bonchev–Trinajstić information content (AvgIpc) is 2.59. The molecule has 0 aliphatic rings. The Labute approximate surface area is 84.4 Å². The van der Waals surface area contributed by atoms with Crippen LogP contribution < -0.4 is 0 Å². The second-order valence-corrected chi connectivity index (χ2v) is 4.04. The predicted octanol–water partition coefficient (Wildman–Crippen LogP) is 2.63. The van der Waals surface area contributed by atoms with Crippen molar-refractivity contribution in [3.8, 4) is 0 Å². The largest absolute Gasteiger partial charge is 0.264 e. The Morgan fingerprint density at radius 3 is 2.86 bits per heavy atom. The van der Waals surface area contributed by atoms with E-state index in [1.807, 2.05) is 24.3 Å². The van der Waals surface area contributed by atoms with Gasteiger partial charge in [0.15, 0.2) is 5.01 Å². The van der Waals surface area contributed by atoms with E-state index in [2.05, 4.69) is 4.98 Å². The van der Waals surface area contributed by atoms with Crippen molar-refractivity contribution in [1.29, 1.82) is 0 Å². The molecule has 1 aromatic carbocycles. The Kier molecular flexibility index (Phi) is 2.17. The Bertz CT molecular complexity index is 447. The molecule has 0 radical (unpaired) electrons. The van der Waals surface area contributed by atoms with Gasteiger partial charge in [-0.05, 0) is 12.1 Å². The van der Waals surface area contributed by atoms with Gasteiger partial charge in [0.25, 0.3) is 6.04 Å². The average molecular weight is 208 g/mol. The van der Waals surface area contributed by atoms with E-state index in [0.717, 1.165) is 10.2 Å². The summed E-state index contributed by atoms with van der Waals surface area (Å²) in [6.07, 6.45) is 0. The van der Waals surface area contributed by atoms with E-state index in [1.54, 1.807) is 6.92 Å². The Morgan fingerprint density at radius 2 is 2.21 bits per heavy atom. The highest BCUT2D eigenvalue weighted by molar-refractivity contribution is 7.18. The minimum atomic E-state index is -0.715. The van der Waals surface area contributed by atoms with Gasteiger partial charge in [0.05, 0.1) is 10.2 Å². The van der Waals surface area contributed by atoms with E-state index in [1.165, 1.54) is 11.3 Å². The van der Waals surface area contributed by atoms with Crippen LogP contribution >= 0.6 is 11.3 Å². The van der Waals surface area contributed by atoms with Crippen LogP contribution in [-0.4, -0.2) is 9.91 Å². The molecule has 0 saturated heterocycles. The highest BCUT2D eigenvalue weighted by Crippen LogP contribution is 2.27. The third-order valence-corrected chi connectivity index (χ3v) is 3.19. The van der Waals surface area contributed by atoms with Crippen LogP contribution in [0.15, 0.2) is 24.3 Å². The molecular formula is C9H8N2O2S. The lowest BCUT2D eigenvalue weighted by Gasteiger charge is -1.96. The number of hydrogen-bond acceptors (Lipinski definition) is 4. The van der Waals surface area contributed by atoms with Gasteiger partial charge in [0, 0.05) is 11.8 Å². The maximum Gasteiger partial charge on any atom is 0.261 e. The van der Waals surface area contributed by atoms with E-state index in [0.29, 0.717) is 5.01 Å². The number of thiazole rings is 1. The zero-order chi connectivity index (χ0) is 10.1. The van der Waals surface area contributed by atoms with Crippen molar-refractivity contribution >= 4 is 21.6 Å². The number of hydrogen-bond donors (Lipinski definition) is 0. The fourth-order valence-corrected chi connectivity index (χ4v) is 2.15. The monoisotopic (exact) mass is 208 g/mol. The van der Waals surface area contributed by atoms with Crippen LogP contribution in [0.4, 0.5) is 0 Å². The van der Waals surface area contributed by atoms with Crippen molar-refractivity contribution < 1.29 is 4.92 Å². The fraction of sp³-hybridized carbons (Fsp3) is 0.222. The van der Waals surface area contributed by atoms with E-state index >= 15 is 0 Å². The van der Waals surface area contributed by atoms with Crippen molar-refractivity contribution in [1.82, 2.24) is 4.98 Å². The molecule has 72 valence electrons. The lowest BCUT2D eigenvalue weighted by Crippen LogP contribution is -2.04. The van der Waals surface area contributed by atoms with E-state index < -0.39 is 6.04 Å². The maximum atomic E-state index is 10.5. The van der Waals surface area contributed by atoms with Gasteiger partial charge in [0.1, 0.15) is 0 Å². The molecular weight excluding hydrogens is 200 g/mol. The summed E-state index contributed by atoms with van der Waals surface area (Å²) in [5, 5.41) is 11.1. The van der Waals surface area contributed by atoms with Gasteiger partial charge in [0.2, 0.25) is 0 Å². The van der Waals surface area contributed by atoms with Gasteiger partial charge in [-0.15, -0.1) is 11.3 Å². The molecule has 1 aromatic heterocycles. The first-order valence-corrected chi connectivity index (χ1v) is 4.99. The molecule has 0 aliphatic heterocycles. The maximum absolute atomic E-state index is 10.5. The lowest BCUT2D eigenvalue weighted by molar-refractivity contribution is -0.524. The zero-order valence-corrected chi connectivity index (χ0v) is 8.32. The summed E-state index contributed by atoms with van der Waals surface area (Å²) in [7, 11) is 0. The molecule has 2 rings (SSSR count). The first kappa shape index (κ1) is 9.08. The number of para-hydroxylation sites is 1. The molecule has 0 aliphatic carbocycles. The molecule has 0 spiro atoms. The van der Waals surface area contributed by atoms with Crippen LogP contribution in [-0.2, 0) is 0 Å². The van der Waals surface area contributed by atoms with Gasteiger partial charge in [-0.3, -0.25) is 10.1 Å². The fourth-order valence-electron chi connectivity index (χ4n) is 1.16. The summed E-state index contributed by atoms with van der Waals surface area (Å²) in [4.78, 5) is 14.4. The van der Waals surface area contributed by atoms with E-state index in [9.17, 15) is 10.1 Å². The molecule has 0 bridgehead atoms. The minimum absolute atomic E-state index is 0.322. The second-order valence-electron chi connectivity index (χ2n) is 2.98. The molecule has 5 heteroatoms. The van der Waals surface area contributed by atoms with Crippen molar-refractivity contribution in [3.63, 3.8) is 0 Å². The number of nitro groups is 1. The van der Waals surface area contributed by atoms with Gasteiger partial charge in [-0.2, -0.15) is 0 Å². The standard InChI is InChI=1S/C9H8N2O2S/c1-6(11(12)13)9-10-7-4-2-3-5-8(7)14-9/h2-6H,1H3. The van der Waals surface area contributed by atoms with Crippen LogP contribution in [0.5, 0.6) is 0 Å². The molecule has 0 saturated carbocycles. The van der Waals surface area contributed by atoms with Crippen LogP contribution in [0.25, 0.3) is 10.2 Å². The normalized spacial score (nSPS) is 12.9. The molecule has 1 heterocycles. The molecule has 4 nitrogen and oxygen atoms in total. The Morgan fingerprint density at radius 1 is 1.50 bits per heavy atom. The van der Waals surface area contributed by atoms with Gasteiger partial charge in [-0.1, -0.05) is 12.1 Å². The Hall–Kier alpha value is -1.49. The number of rotatable bonds is 2. The lowest BCUT2D eigenvalue weighted by atomic mass is 10.3. The predicted molar refractivity (Wildman–Crippen MR) is 55.0 cm³/mol. The molecule has 1 atom stereocenters. The van der Waals surface area contributed by atoms with E-state index in [-0.39, 0.29) is 4.92 Å². The summed E-state index contributed by atoms with van der Waals surface area (Å²) >= 11 is 1.38. The van der Waals surface area contributed by atoms with Crippen molar-refractivity contribution in [3.05, 3.63) is 39.4 Å². The summed E-state index contributed by atoms with van der Waals surface area (Å²) in [5.41, 5.74) is 0.834. The summed E-state index contributed by atoms with van der Waals surface area (Å²) < 4.78 is 0.996. The molecule has 0 amide bonds. The SMILES string of the molecule is CC(c1nc2ccccc2s1)[N+](=O)[O-]. The molecule has 0 fully saturated rings. The third kappa shape index (κ3) is 1.46. The second kappa shape index (κ2) is 3.34. The van der Waals surface area contributed by atoms with Gasteiger partial charge in [-0.25, -0.2) is 4.98 Å². The van der Waals surface area contributed by atoms with Crippen LogP contribution in [0.2, 0.25) is 0 Å². The molecule has 0 N–H and O–H groups in total. The zero-order valence-electron chi connectivity index (χ0n) is 7.51. The molecule has 14 heavy (non-hydrogen) atoms. The van der Waals surface area contributed by atoms with Crippen molar-refractivity contribution in [2.24, 2.45) is 0 Å². The first-order valence-electron chi connectivity index (χ1n) is 4.17. The van der Waals surface area contributed by atoms with Crippen LogP contribution in [0, 0.1) is 10.1 Å². The van der Waals surface area contributed by atoms with Crippen molar-refractivity contribution in [2.45, 2.75) is 13.0 Å². The summed E-state index contributed by atoms with van der Waals surface area (Å²) in [6.45, 7) is 1.55. The first-order chi connectivity index (χ1) is 6.68. The van der Waals surface area contributed by atoms with Crippen molar-refractivity contribution in [2.75, 3.05) is 0 Å². The van der Waals surface area contributed by atoms with Crippen LogP contribution in [0.1, 0.15) is 18.0 Å². The topological polar surface area (TPSA) is 56.0 Å². The minimum Gasteiger partial charge on any atom is -0.264 e. The quantitative estimate of drug-likeness (QED) is 0.563. The number of benzene rings is 1. The molecule has 1 unspecified atom stereocenters. The number of aromatic nitrogens is 1. The highest BCUT2D eigenvalue weighted by atomic mass is 32.1. The van der Waals surface area contributed by atoms with Crippen LogP contribution in [0.3, 0.4) is 0 Å². The third-order valence-electron chi connectivity index (χ3n) is 1.98. The smallest absolute Gasteiger partial charge is 0.261 e. The van der Waals surface area contributed by atoms with E-state index in [4.69, 9.17) is 0 Å². The molecule has 2 aromatic rings. The Balaban J connectivity index is 2.50. The van der Waals surface area contributed by atoms with Gasteiger partial charge < -0.3 is 0 Å². The summed E-state index contributed by atoms with van der Waals surface area (Å²) in [5.74, 6) is 0. The van der Waals surface area contributed by atoms with Gasteiger partial charge >= 0.3 is 0 Å². The highest BCUT2D eigenvalue weighted by Gasteiger charge is 2.20. The summed E-state index contributed by atoms with van der Waals surface area (Å²) in [6, 6.07) is 6.85. The number of nitrogens with zero attached hydrogens (tertiary/aromatic N) is 2.